The third-order valence-corrected chi connectivity index (χ3v) is 13.9. The fraction of sp³-hybridized carbons (Fsp3) is 0.0169. The van der Waals surface area contributed by atoms with Crippen molar-refractivity contribution in [2.24, 2.45) is 0 Å². The first-order valence-electron chi connectivity index (χ1n) is 21.0. The first-order chi connectivity index (χ1) is 30.3. The summed E-state index contributed by atoms with van der Waals surface area (Å²) >= 11 is 1.87. The molecule has 0 spiro atoms. The molecule has 0 saturated carbocycles. The molecule has 2 heteroatoms. The third-order valence-electron chi connectivity index (χ3n) is 12.7. The van der Waals surface area contributed by atoms with Crippen molar-refractivity contribution in [3.63, 3.8) is 0 Å². The maximum Gasteiger partial charge on any atom is 0.0714 e. The minimum absolute atomic E-state index is 0.521. The normalized spacial score (nSPS) is 12.7. The molecule has 1 aromatic heterocycles. The predicted octanol–water partition coefficient (Wildman–Crippen LogP) is 16.4. The van der Waals surface area contributed by atoms with E-state index >= 15 is 0 Å². The van der Waals surface area contributed by atoms with E-state index in [-0.39, 0.29) is 0 Å². The number of benzene rings is 10. The highest BCUT2D eigenvalue weighted by Gasteiger charge is 2.46. The Kier molecular flexibility index (Phi) is 8.33. The van der Waals surface area contributed by atoms with Gasteiger partial charge in [0.25, 0.3) is 0 Å². The zero-order chi connectivity index (χ0) is 40.3. The average Bonchev–Trinajstić information content (AvgIpc) is 3.85. The van der Waals surface area contributed by atoms with Gasteiger partial charge < -0.3 is 4.90 Å². The van der Waals surface area contributed by atoms with Crippen molar-refractivity contribution in [1.29, 1.82) is 0 Å². The van der Waals surface area contributed by atoms with Crippen molar-refractivity contribution in [2.75, 3.05) is 4.90 Å². The SMILES string of the molecule is c1ccc(C2(c3ccccc3)c3ccccc3-c3ccc(N(c4cccc(-c5cccc6ccccc56)c4)c4ccccc4-c4ccc5c(c4)sc4ccccc45)cc32)cc1. The smallest absolute Gasteiger partial charge is 0.0714 e. The van der Waals surface area contributed by atoms with Crippen LogP contribution in [0.1, 0.15) is 22.3 Å². The predicted molar refractivity (Wildman–Crippen MR) is 260 cm³/mol. The largest absolute Gasteiger partial charge is 0.310 e. The van der Waals surface area contributed by atoms with Crippen LogP contribution in [0.2, 0.25) is 0 Å². The maximum absolute atomic E-state index is 2.49. The second-order valence-corrected chi connectivity index (χ2v) is 17.1. The molecule has 1 nitrogen and oxygen atoms in total. The zero-order valence-electron chi connectivity index (χ0n) is 33.4. The number of hydrogen-bond acceptors (Lipinski definition) is 2. The van der Waals surface area contributed by atoms with Crippen LogP contribution in [0, 0.1) is 0 Å². The second-order valence-electron chi connectivity index (χ2n) is 16.0. The monoisotopic (exact) mass is 793 g/mol. The summed E-state index contributed by atoms with van der Waals surface area (Å²) in [5, 5.41) is 5.10. The van der Waals surface area contributed by atoms with E-state index in [9.17, 15) is 0 Å². The van der Waals surface area contributed by atoms with Gasteiger partial charge in [0.2, 0.25) is 0 Å². The van der Waals surface area contributed by atoms with Crippen molar-refractivity contribution in [3.05, 3.63) is 259 Å². The number of fused-ring (bicyclic) bond motifs is 7. The van der Waals surface area contributed by atoms with E-state index < -0.39 is 5.41 Å². The van der Waals surface area contributed by atoms with Crippen LogP contribution >= 0.6 is 11.3 Å². The van der Waals surface area contributed by atoms with E-state index in [0.29, 0.717) is 0 Å². The highest BCUT2D eigenvalue weighted by atomic mass is 32.1. The molecule has 12 rings (SSSR count). The van der Waals surface area contributed by atoms with Gasteiger partial charge in [-0.25, -0.2) is 0 Å². The fourth-order valence-electron chi connectivity index (χ4n) is 10.1. The second kappa shape index (κ2) is 14.3. The lowest BCUT2D eigenvalue weighted by Crippen LogP contribution is -2.28. The molecule has 0 saturated heterocycles. The van der Waals surface area contributed by atoms with Crippen LogP contribution in [0.5, 0.6) is 0 Å². The summed E-state index contributed by atoms with van der Waals surface area (Å²) < 4.78 is 2.61. The molecule has 0 amide bonds. The summed E-state index contributed by atoms with van der Waals surface area (Å²) in [5.41, 5.74) is 15.2. The molecule has 11 aromatic rings. The van der Waals surface area contributed by atoms with Gasteiger partial charge in [0.05, 0.1) is 11.1 Å². The third kappa shape index (κ3) is 5.60. The van der Waals surface area contributed by atoms with Gasteiger partial charge in [-0.1, -0.05) is 194 Å². The summed E-state index contributed by atoms with van der Waals surface area (Å²) in [6, 6.07) is 87.5. The van der Waals surface area contributed by atoms with E-state index in [4.69, 9.17) is 0 Å². The highest BCUT2D eigenvalue weighted by Crippen LogP contribution is 2.57. The Labute approximate surface area is 360 Å². The number of hydrogen-bond donors (Lipinski definition) is 0. The van der Waals surface area contributed by atoms with Crippen LogP contribution in [0.3, 0.4) is 0 Å². The van der Waals surface area contributed by atoms with Crippen molar-refractivity contribution in [2.45, 2.75) is 5.41 Å². The summed E-state index contributed by atoms with van der Waals surface area (Å²) in [7, 11) is 0. The number of anilines is 3. The van der Waals surface area contributed by atoms with Crippen molar-refractivity contribution in [1.82, 2.24) is 0 Å². The van der Waals surface area contributed by atoms with Crippen molar-refractivity contribution in [3.8, 4) is 33.4 Å². The summed E-state index contributed by atoms with van der Waals surface area (Å²) in [5.74, 6) is 0. The molecule has 1 heterocycles. The van der Waals surface area contributed by atoms with E-state index in [1.54, 1.807) is 0 Å². The van der Waals surface area contributed by atoms with Crippen LogP contribution in [0.25, 0.3) is 64.3 Å². The first-order valence-corrected chi connectivity index (χ1v) is 21.8. The average molecular weight is 794 g/mol. The van der Waals surface area contributed by atoms with E-state index in [1.807, 2.05) is 11.3 Å². The Morgan fingerprint density at radius 3 is 1.75 bits per heavy atom. The lowest BCUT2D eigenvalue weighted by molar-refractivity contribution is 0.768. The topological polar surface area (TPSA) is 3.24 Å². The zero-order valence-corrected chi connectivity index (χ0v) is 34.2. The highest BCUT2D eigenvalue weighted by molar-refractivity contribution is 7.25. The number of nitrogens with zero attached hydrogens (tertiary/aromatic N) is 1. The lowest BCUT2D eigenvalue weighted by atomic mass is 9.67. The molecule has 0 N–H and O–H groups in total. The standard InChI is InChI=1S/C59H39NS/c1-3-20-43(21-4-1)59(44-22-5-2-6-23-44)54-30-12-9-27-50(54)51-36-34-46(39-55(51)59)60(45-24-15-19-41(37-45)48-29-16-18-40-17-7-8-25-47(40)48)56-31-13-10-26-49(56)42-33-35-53-52-28-11-14-32-57(52)61-58(53)38-42/h1-39H. The molecule has 1 aliphatic rings. The molecule has 61 heavy (non-hydrogen) atoms. The van der Waals surface area contributed by atoms with Gasteiger partial charge in [-0.05, 0) is 103 Å². The van der Waals surface area contributed by atoms with E-state index in [0.717, 1.165) is 17.1 Å². The molecule has 0 bridgehead atoms. The van der Waals surface area contributed by atoms with Gasteiger partial charge in [-0.3, -0.25) is 0 Å². The Hall–Kier alpha value is -7.52. The van der Waals surface area contributed by atoms with Gasteiger partial charge in [-0.2, -0.15) is 0 Å². The van der Waals surface area contributed by atoms with Crippen molar-refractivity contribution >= 4 is 59.3 Å². The van der Waals surface area contributed by atoms with Crippen LogP contribution < -0.4 is 4.90 Å². The van der Waals surface area contributed by atoms with Gasteiger partial charge >= 0.3 is 0 Å². The summed E-state index contributed by atoms with van der Waals surface area (Å²) in [6.07, 6.45) is 0. The Balaban J connectivity index is 1.12. The number of thiophene rings is 1. The van der Waals surface area contributed by atoms with Gasteiger partial charge in [0, 0.05) is 37.1 Å². The van der Waals surface area contributed by atoms with Crippen LogP contribution in [-0.2, 0) is 5.41 Å². The maximum atomic E-state index is 2.49. The van der Waals surface area contributed by atoms with Gasteiger partial charge in [0.15, 0.2) is 0 Å². The number of para-hydroxylation sites is 1. The number of rotatable bonds is 7. The minimum atomic E-state index is -0.521. The van der Waals surface area contributed by atoms with Crippen LogP contribution in [0.15, 0.2) is 237 Å². The molecule has 10 aromatic carbocycles. The van der Waals surface area contributed by atoms with Crippen molar-refractivity contribution < 1.29 is 0 Å². The minimum Gasteiger partial charge on any atom is -0.310 e. The van der Waals surface area contributed by atoms with E-state index in [2.05, 4.69) is 241 Å². The van der Waals surface area contributed by atoms with Crippen LogP contribution in [0.4, 0.5) is 17.1 Å². The molecule has 1 aliphatic carbocycles. The Morgan fingerprint density at radius 2 is 0.918 bits per heavy atom. The quantitative estimate of drug-likeness (QED) is 0.155. The van der Waals surface area contributed by atoms with Gasteiger partial charge in [-0.15, -0.1) is 11.3 Å². The lowest BCUT2D eigenvalue weighted by Gasteiger charge is -2.35. The first kappa shape index (κ1) is 35.4. The molecule has 0 unspecified atom stereocenters. The fourth-order valence-corrected chi connectivity index (χ4v) is 11.2. The molecule has 0 atom stereocenters. The Morgan fingerprint density at radius 1 is 0.328 bits per heavy atom. The molecule has 0 radical (unpaired) electrons. The molecular formula is C59H39NS. The Bertz CT molecular complexity index is 3390. The summed E-state index contributed by atoms with van der Waals surface area (Å²) in [6.45, 7) is 0. The molecule has 0 aliphatic heterocycles. The summed E-state index contributed by atoms with van der Waals surface area (Å²) in [4.78, 5) is 2.49. The van der Waals surface area contributed by atoms with Gasteiger partial charge in [0.1, 0.15) is 0 Å². The molecule has 0 fully saturated rings. The van der Waals surface area contributed by atoms with Crippen LogP contribution in [-0.4, -0.2) is 0 Å². The van der Waals surface area contributed by atoms with E-state index in [1.165, 1.54) is 86.6 Å². The molecule has 286 valence electrons. The molecular weight excluding hydrogens is 755 g/mol.